The lowest BCUT2D eigenvalue weighted by Crippen LogP contribution is -2.54. The molecule has 5 nitrogen and oxygen atoms in total. The molecule has 0 saturated carbocycles. The average molecular weight is 443 g/mol. The minimum Gasteiger partial charge on any atom is -0.338 e. The van der Waals surface area contributed by atoms with Gasteiger partial charge in [-0.25, -0.2) is 0 Å². The zero-order valence-corrected chi connectivity index (χ0v) is 16.0. The number of amides is 2. The first-order chi connectivity index (χ1) is 13.4. The maximum atomic E-state index is 13.1. The van der Waals surface area contributed by atoms with Crippen molar-refractivity contribution < 1.29 is 35.9 Å². The van der Waals surface area contributed by atoms with Gasteiger partial charge in [-0.15, -0.1) is 11.3 Å². The van der Waals surface area contributed by atoms with E-state index in [9.17, 15) is 35.9 Å². The van der Waals surface area contributed by atoms with Crippen molar-refractivity contribution in [3.8, 4) is 0 Å². The Bertz CT molecular complexity index is 727. The summed E-state index contributed by atoms with van der Waals surface area (Å²) in [5, 5.41) is 1.77. The van der Waals surface area contributed by atoms with E-state index < -0.39 is 49.7 Å². The fourth-order valence-corrected chi connectivity index (χ4v) is 4.34. The normalized spacial score (nSPS) is 20.9. The summed E-state index contributed by atoms with van der Waals surface area (Å²) in [6, 6.07) is 3.43. The summed E-state index contributed by atoms with van der Waals surface area (Å²) in [7, 11) is 0. The lowest BCUT2D eigenvalue weighted by atomic mass is 9.85. The van der Waals surface area contributed by atoms with Crippen LogP contribution in [0.2, 0.25) is 0 Å². The first-order valence-electron chi connectivity index (χ1n) is 8.91. The number of carbonyl (C=O) groups is 2. The van der Waals surface area contributed by atoms with Crippen LogP contribution in [0.5, 0.6) is 0 Å². The molecule has 0 spiro atoms. The number of piperazine rings is 1. The van der Waals surface area contributed by atoms with Crippen LogP contribution in [0.4, 0.5) is 26.3 Å². The number of halogens is 6. The summed E-state index contributed by atoms with van der Waals surface area (Å²) in [6.07, 6.45) is -12.0. The van der Waals surface area contributed by atoms with Crippen LogP contribution >= 0.6 is 11.3 Å². The number of carbonyl (C=O) groups excluding carboxylic acids is 2. The first-order valence-corrected chi connectivity index (χ1v) is 9.79. The molecular weight excluding hydrogens is 424 g/mol. The lowest BCUT2D eigenvalue weighted by molar-refractivity contribution is -0.335. The Hall–Kier alpha value is -1.82. The molecule has 0 aliphatic carbocycles. The molecule has 3 heterocycles. The third-order valence-electron chi connectivity index (χ3n) is 5.44. The predicted molar refractivity (Wildman–Crippen MR) is 92.4 cm³/mol. The highest BCUT2D eigenvalue weighted by Crippen LogP contribution is 2.55. The van der Waals surface area contributed by atoms with Crippen molar-refractivity contribution in [2.24, 2.45) is 5.41 Å². The minimum atomic E-state index is -5.43. The fourth-order valence-electron chi connectivity index (χ4n) is 3.65. The molecule has 2 amide bonds. The van der Waals surface area contributed by atoms with Gasteiger partial charge in [-0.3, -0.25) is 14.5 Å². The van der Waals surface area contributed by atoms with Crippen molar-refractivity contribution in [2.75, 3.05) is 45.8 Å². The standard InChI is InChI=1S/C17H19F6N3O2S/c18-16(19,20)15(17(21,22)23)3-4-24(11-15)10-13(27)25-5-7-26(8-6-25)14(28)12-2-1-9-29-12/h1-2,9H,3-8,10-11H2. The van der Waals surface area contributed by atoms with Gasteiger partial charge in [0.1, 0.15) is 0 Å². The SMILES string of the molecule is O=C(CN1CCC(C(F)(F)F)(C(F)(F)F)C1)N1CCN(C(=O)c2cccs2)CC1. The van der Waals surface area contributed by atoms with Crippen molar-refractivity contribution >= 4 is 23.2 Å². The number of likely N-dealkylation sites (tertiary alicyclic amines) is 1. The Morgan fingerprint density at radius 2 is 1.55 bits per heavy atom. The van der Waals surface area contributed by atoms with Crippen molar-refractivity contribution in [1.82, 2.24) is 14.7 Å². The minimum absolute atomic E-state index is 0.160. The number of alkyl halides is 6. The second-order valence-electron chi connectivity index (χ2n) is 7.19. The van der Waals surface area contributed by atoms with Gasteiger partial charge in [0.25, 0.3) is 5.91 Å². The van der Waals surface area contributed by atoms with Crippen LogP contribution < -0.4 is 0 Å². The van der Waals surface area contributed by atoms with E-state index >= 15 is 0 Å². The molecule has 3 rings (SSSR count). The molecule has 2 aliphatic rings. The number of hydrogen-bond acceptors (Lipinski definition) is 4. The van der Waals surface area contributed by atoms with Gasteiger partial charge >= 0.3 is 12.4 Å². The van der Waals surface area contributed by atoms with E-state index in [1.54, 1.807) is 22.4 Å². The first kappa shape index (κ1) is 21.9. The van der Waals surface area contributed by atoms with Crippen LogP contribution in [0.3, 0.4) is 0 Å². The van der Waals surface area contributed by atoms with Gasteiger partial charge in [0.05, 0.1) is 11.4 Å². The van der Waals surface area contributed by atoms with Crippen LogP contribution in [0.1, 0.15) is 16.1 Å². The van der Waals surface area contributed by atoms with Crippen LogP contribution in [0.25, 0.3) is 0 Å². The topological polar surface area (TPSA) is 43.9 Å². The largest absolute Gasteiger partial charge is 0.404 e. The van der Waals surface area contributed by atoms with Gasteiger partial charge in [0.15, 0.2) is 5.41 Å². The van der Waals surface area contributed by atoms with Gasteiger partial charge in [-0.1, -0.05) is 6.07 Å². The Morgan fingerprint density at radius 3 is 2.03 bits per heavy atom. The zero-order chi connectivity index (χ0) is 21.4. The highest BCUT2D eigenvalue weighted by atomic mass is 32.1. The number of nitrogens with zero attached hydrogens (tertiary/aromatic N) is 3. The van der Waals surface area contributed by atoms with Gasteiger partial charge < -0.3 is 9.80 Å². The van der Waals surface area contributed by atoms with Crippen molar-refractivity contribution in [3.63, 3.8) is 0 Å². The van der Waals surface area contributed by atoms with Crippen molar-refractivity contribution in [1.29, 1.82) is 0 Å². The molecule has 0 bridgehead atoms. The van der Waals surface area contributed by atoms with Crippen LogP contribution in [-0.2, 0) is 4.79 Å². The monoisotopic (exact) mass is 443 g/mol. The van der Waals surface area contributed by atoms with E-state index in [-0.39, 0.29) is 32.1 Å². The lowest BCUT2D eigenvalue weighted by Gasteiger charge is -2.36. The molecule has 0 atom stereocenters. The quantitative estimate of drug-likeness (QED) is 0.675. The molecule has 0 aromatic carbocycles. The number of rotatable bonds is 3. The molecule has 2 aliphatic heterocycles. The van der Waals surface area contributed by atoms with E-state index in [2.05, 4.69) is 0 Å². The highest BCUT2D eigenvalue weighted by Gasteiger charge is 2.72. The molecule has 1 aromatic heterocycles. The molecule has 29 heavy (non-hydrogen) atoms. The number of hydrogen-bond donors (Lipinski definition) is 0. The number of thiophene rings is 1. The van der Waals surface area contributed by atoms with Gasteiger partial charge in [0.2, 0.25) is 5.91 Å². The zero-order valence-electron chi connectivity index (χ0n) is 15.2. The molecule has 2 saturated heterocycles. The third kappa shape index (κ3) is 4.23. The molecule has 12 heteroatoms. The summed E-state index contributed by atoms with van der Waals surface area (Å²) in [5.74, 6) is -0.694. The molecular formula is C17H19F6N3O2S. The van der Waals surface area contributed by atoms with E-state index in [0.29, 0.717) is 4.88 Å². The predicted octanol–water partition coefficient (Wildman–Crippen LogP) is 2.85. The molecule has 0 unspecified atom stereocenters. The second-order valence-corrected chi connectivity index (χ2v) is 8.14. The van der Waals surface area contributed by atoms with Gasteiger partial charge in [0, 0.05) is 32.7 Å². The average Bonchev–Trinajstić information content (AvgIpc) is 3.30. The Kier molecular flexibility index (Phi) is 5.87. The summed E-state index contributed by atoms with van der Waals surface area (Å²) < 4.78 is 78.8. The summed E-state index contributed by atoms with van der Waals surface area (Å²) >= 11 is 1.29. The van der Waals surface area contributed by atoms with Crippen LogP contribution in [-0.4, -0.2) is 84.7 Å². The summed E-state index contributed by atoms with van der Waals surface area (Å²) in [6.45, 7) is -1.34. The smallest absolute Gasteiger partial charge is 0.338 e. The second kappa shape index (κ2) is 7.78. The van der Waals surface area contributed by atoms with E-state index in [1.807, 2.05) is 0 Å². The molecule has 0 N–H and O–H groups in total. The maximum Gasteiger partial charge on any atom is 0.404 e. The Balaban J connectivity index is 1.55. The van der Waals surface area contributed by atoms with Crippen LogP contribution in [0.15, 0.2) is 17.5 Å². The van der Waals surface area contributed by atoms with Gasteiger partial charge in [-0.05, 0) is 24.4 Å². The van der Waals surface area contributed by atoms with E-state index in [0.717, 1.165) is 4.90 Å². The maximum absolute atomic E-state index is 13.1. The summed E-state index contributed by atoms with van der Waals surface area (Å²) in [5.41, 5.74) is -3.80. The molecule has 1 aromatic rings. The van der Waals surface area contributed by atoms with Gasteiger partial charge in [-0.2, -0.15) is 26.3 Å². The molecule has 2 fully saturated rings. The fraction of sp³-hybridized carbons (Fsp3) is 0.647. The summed E-state index contributed by atoms with van der Waals surface area (Å²) in [4.78, 5) is 29.1. The molecule has 0 radical (unpaired) electrons. The Labute approximate surface area is 166 Å². The van der Waals surface area contributed by atoms with Crippen LogP contribution in [0, 0.1) is 5.41 Å². The molecule has 162 valence electrons. The highest BCUT2D eigenvalue weighted by molar-refractivity contribution is 7.12. The Morgan fingerprint density at radius 1 is 0.966 bits per heavy atom. The van der Waals surface area contributed by atoms with Crippen molar-refractivity contribution in [3.05, 3.63) is 22.4 Å². The van der Waals surface area contributed by atoms with Crippen molar-refractivity contribution in [2.45, 2.75) is 18.8 Å². The van der Waals surface area contributed by atoms with E-state index in [1.165, 1.54) is 16.2 Å². The third-order valence-corrected chi connectivity index (χ3v) is 6.30. The van der Waals surface area contributed by atoms with E-state index in [4.69, 9.17) is 0 Å².